The molecule has 3 nitrogen and oxygen atoms in total. The summed E-state index contributed by atoms with van der Waals surface area (Å²) in [6.45, 7) is 4.03. The van der Waals surface area contributed by atoms with Crippen molar-refractivity contribution in [2.24, 2.45) is 0 Å². The molecule has 1 aromatic rings. The standard InChI is InChI=1S/C15H22O3S/c1-11-7-12(2)9-13(8-11)10-14(16)15-5-3-4-6-19(15,17)18/h7-9,14-16H,3-6,10H2,1-2H3. The van der Waals surface area contributed by atoms with E-state index in [0.717, 1.165) is 29.5 Å². The second-order valence-corrected chi connectivity index (χ2v) is 8.01. The molecule has 0 bridgehead atoms. The number of aryl methyl sites for hydroxylation is 2. The molecule has 1 aliphatic heterocycles. The highest BCUT2D eigenvalue weighted by molar-refractivity contribution is 7.92. The van der Waals surface area contributed by atoms with E-state index in [0.29, 0.717) is 12.8 Å². The fourth-order valence-electron chi connectivity index (χ4n) is 2.97. The quantitative estimate of drug-likeness (QED) is 0.924. The second kappa shape index (κ2) is 5.63. The first-order chi connectivity index (χ1) is 8.88. The molecule has 0 aromatic heterocycles. The Morgan fingerprint density at radius 3 is 2.42 bits per heavy atom. The maximum atomic E-state index is 12.0. The van der Waals surface area contributed by atoms with Crippen LogP contribution in [0.5, 0.6) is 0 Å². The Hall–Kier alpha value is -0.870. The lowest BCUT2D eigenvalue weighted by Gasteiger charge is -2.26. The summed E-state index contributed by atoms with van der Waals surface area (Å²) < 4.78 is 24.0. The molecule has 2 atom stereocenters. The summed E-state index contributed by atoms with van der Waals surface area (Å²) in [6, 6.07) is 6.12. The summed E-state index contributed by atoms with van der Waals surface area (Å²) in [6.07, 6.45) is 1.86. The first kappa shape index (κ1) is 14.5. The van der Waals surface area contributed by atoms with E-state index in [1.165, 1.54) is 0 Å². The fraction of sp³-hybridized carbons (Fsp3) is 0.600. The number of sulfone groups is 1. The third-order valence-electron chi connectivity index (χ3n) is 3.78. The van der Waals surface area contributed by atoms with E-state index in [9.17, 15) is 13.5 Å². The monoisotopic (exact) mass is 282 g/mol. The maximum absolute atomic E-state index is 12.0. The van der Waals surface area contributed by atoms with Gasteiger partial charge < -0.3 is 5.11 Å². The van der Waals surface area contributed by atoms with E-state index in [2.05, 4.69) is 6.07 Å². The second-order valence-electron chi connectivity index (χ2n) is 5.67. The van der Waals surface area contributed by atoms with Crippen molar-refractivity contribution >= 4 is 9.84 Å². The van der Waals surface area contributed by atoms with Gasteiger partial charge in [-0.05, 0) is 38.7 Å². The molecule has 1 heterocycles. The van der Waals surface area contributed by atoms with Crippen LogP contribution in [0.2, 0.25) is 0 Å². The van der Waals surface area contributed by atoms with Gasteiger partial charge in [0.2, 0.25) is 0 Å². The minimum atomic E-state index is -3.11. The van der Waals surface area contributed by atoms with Crippen LogP contribution in [-0.2, 0) is 16.3 Å². The highest BCUT2D eigenvalue weighted by Crippen LogP contribution is 2.24. The molecule has 0 spiro atoms. The minimum Gasteiger partial charge on any atom is -0.391 e. The molecule has 4 heteroatoms. The average Bonchev–Trinajstić information content (AvgIpc) is 2.26. The zero-order chi connectivity index (χ0) is 14.0. The summed E-state index contributed by atoms with van der Waals surface area (Å²) in [5.41, 5.74) is 3.31. The van der Waals surface area contributed by atoms with Gasteiger partial charge in [0.1, 0.15) is 0 Å². The van der Waals surface area contributed by atoms with Crippen LogP contribution in [0.25, 0.3) is 0 Å². The van der Waals surface area contributed by atoms with Crippen LogP contribution >= 0.6 is 0 Å². The van der Waals surface area contributed by atoms with Crippen molar-refractivity contribution in [3.8, 4) is 0 Å². The Morgan fingerprint density at radius 1 is 1.21 bits per heavy atom. The molecule has 0 saturated carbocycles. The third-order valence-corrected chi connectivity index (χ3v) is 6.11. The summed E-state index contributed by atoms with van der Waals surface area (Å²) in [5, 5.41) is 9.68. The molecule has 106 valence electrons. The molecule has 1 aliphatic rings. The Morgan fingerprint density at radius 2 is 1.84 bits per heavy atom. The van der Waals surface area contributed by atoms with E-state index < -0.39 is 21.2 Å². The number of hydrogen-bond donors (Lipinski definition) is 1. The third kappa shape index (κ3) is 3.57. The van der Waals surface area contributed by atoms with E-state index >= 15 is 0 Å². The number of aliphatic hydroxyl groups is 1. The number of rotatable bonds is 3. The lowest BCUT2D eigenvalue weighted by atomic mass is 9.99. The van der Waals surface area contributed by atoms with Crippen LogP contribution in [-0.4, -0.2) is 30.6 Å². The first-order valence-corrected chi connectivity index (χ1v) is 8.57. The van der Waals surface area contributed by atoms with Crippen molar-refractivity contribution in [3.63, 3.8) is 0 Å². The van der Waals surface area contributed by atoms with Gasteiger partial charge >= 0.3 is 0 Å². The van der Waals surface area contributed by atoms with Gasteiger partial charge in [0.15, 0.2) is 9.84 Å². The smallest absolute Gasteiger partial charge is 0.155 e. The van der Waals surface area contributed by atoms with Crippen molar-refractivity contribution in [2.45, 2.75) is 50.9 Å². The predicted octanol–water partition coefficient (Wildman–Crippen LogP) is 2.17. The van der Waals surface area contributed by atoms with Crippen LogP contribution < -0.4 is 0 Å². The van der Waals surface area contributed by atoms with Gasteiger partial charge in [-0.2, -0.15) is 0 Å². The molecular formula is C15H22O3S. The molecule has 0 amide bonds. The van der Waals surface area contributed by atoms with Crippen molar-refractivity contribution in [1.82, 2.24) is 0 Å². The molecule has 0 radical (unpaired) electrons. The number of benzene rings is 1. The lowest BCUT2D eigenvalue weighted by molar-refractivity contribution is 0.162. The van der Waals surface area contributed by atoms with Crippen molar-refractivity contribution in [2.75, 3.05) is 5.75 Å². The molecule has 1 aromatic carbocycles. The average molecular weight is 282 g/mol. The maximum Gasteiger partial charge on any atom is 0.155 e. The van der Waals surface area contributed by atoms with Crippen LogP contribution in [0.4, 0.5) is 0 Å². The highest BCUT2D eigenvalue weighted by atomic mass is 32.2. The van der Waals surface area contributed by atoms with Gasteiger partial charge in [-0.3, -0.25) is 0 Å². The van der Waals surface area contributed by atoms with E-state index in [-0.39, 0.29) is 5.75 Å². The lowest BCUT2D eigenvalue weighted by Crippen LogP contribution is -2.39. The summed E-state index contributed by atoms with van der Waals surface area (Å²) in [7, 11) is -3.11. The van der Waals surface area contributed by atoms with E-state index in [4.69, 9.17) is 0 Å². The van der Waals surface area contributed by atoms with Crippen LogP contribution in [0.3, 0.4) is 0 Å². The highest BCUT2D eigenvalue weighted by Gasteiger charge is 2.34. The molecule has 1 N–H and O–H groups in total. The Kier molecular flexibility index (Phi) is 4.31. The van der Waals surface area contributed by atoms with Gasteiger partial charge in [0.25, 0.3) is 0 Å². The summed E-state index contributed by atoms with van der Waals surface area (Å²) in [4.78, 5) is 0. The Labute approximate surface area is 115 Å². The van der Waals surface area contributed by atoms with Gasteiger partial charge in [-0.15, -0.1) is 0 Å². The van der Waals surface area contributed by atoms with E-state index in [1.807, 2.05) is 26.0 Å². The minimum absolute atomic E-state index is 0.224. The summed E-state index contributed by atoms with van der Waals surface area (Å²) >= 11 is 0. The van der Waals surface area contributed by atoms with Gasteiger partial charge in [0.05, 0.1) is 17.1 Å². The van der Waals surface area contributed by atoms with Crippen LogP contribution in [0, 0.1) is 13.8 Å². The SMILES string of the molecule is Cc1cc(C)cc(CC(O)C2CCCCS2(=O)=O)c1. The molecular weight excluding hydrogens is 260 g/mol. The van der Waals surface area contributed by atoms with Crippen molar-refractivity contribution in [1.29, 1.82) is 0 Å². The molecule has 2 unspecified atom stereocenters. The molecule has 2 rings (SSSR count). The van der Waals surface area contributed by atoms with E-state index in [1.54, 1.807) is 0 Å². The zero-order valence-electron chi connectivity index (χ0n) is 11.6. The Bertz CT molecular complexity index is 528. The number of hydrogen-bond acceptors (Lipinski definition) is 3. The molecule has 1 saturated heterocycles. The predicted molar refractivity (Wildman–Crippen MR) is 77.1 cm³/mol. The molecule has 1 fully saturated rings. The summed E-state index contributed by atoms with van der Waals surface area (Å²) in [5.74, 6) is 0.224. The Balaban J connectivity index is 2.14. The largest absolute Gasteiger partial charge is 0.391 e. The van der Waals surface area contributed by atoms with Gasteiger partial charge in [-0.25, -0.2) is 8.42 Å². The topological polar surface area (TPSA) is 54.4 Å². The number of aliphatic hydroxyl groups excluding tert-OH is 1. The van der Waals surface area contributed by atoms with Crippen molar-refractivity contribution in [3.05, 3.63) is 34.9 Å². The van der Waals surface area contributed by atoms with Crippen LogP contribution in [0.15, 0.2) is 18.2 Å². The van der Waals surface area contributed by atoms with Gasteiger partial charge in [-0.1, -0.05) is 35.7 Å². The molecule has 0 aliphatic carbocycles. The molecule has 19 heavy (non-hydrogen) atoms. The normalized spacial score (nSPS) is 24.1. The fourth-order valence-corrected chi connectivity index (χ4v) is 4.98. The zero-order valence-corrected chi connectivity index (χ0v) is 12.4. The van der Waals surface area contributed by atoms with Gasteiger partial charge in [0, 0.05) is 0 Å². The van der Waals surface area contributed by atoms with Crippen LogP contribution in [0.1, 0.15) is 36.0 Å². The van der Waals surface area contributed by atoms with Crippen molar-refractivity contribution < 1.29 is 13.5 Å². The first-order valence-electron chi connectivity index (χ1n) is 6.85.